The minimum absolute atomic E-state index is 0. The van der Waals surface area contributed by atoms with Crippen LogP contribution in [0, 0.1) is 6.92 Å². The van der Waals surface area contributed by atoms with Gasteiger partial charge in [0.2, 0.25) is 5.09 Å². The van der Waals surface area contributed by atoms with E-state index in [1.165, 1.54) is 24.4 Å². The number of methoxy groups -OCH3 is 1. The fourth-order valence-corrected chi connectivity index (χ4v) is 3.92. The molecule has 1 aliphatic rings. The Balaban J connectivity index is 0.00000242. The van der Waals surface area contributed by atoms with Crippen LogP contribution in [0.1, 0.15) is 29.0 Å². The van der Waals surface area contributed by atoms with Gasteiger partial charge in [0.05, 0.1) is 7.11 Å². The smallest absolute Gasteiger partial charge is 0.341 e. The summed E-state index contributed by atoms with van der Waals surface area (Å²) in [5.41, 5.74) is 0.137. The Morgan fingerprint density at radius 1 is 1.50 bits per heavy atom. The van der Waals surface area contributed by atoms with Crippen molar-refractivity contribution in [3.63, 3.8) is 0 Å². The average molecular weight is 353 g/mol. The molecule has 1 unspecified atom stereocenters. The maximum absolute atomic E-state index is 12.6. The number of nitrogens with zero attached hydrogens (tertiary/aromatic N) is 1. The number of rotatable bonds is 4. The Morgan fingerprint density at radius 2 is 2.18 bits per heavy atom. The third-order valence-corrected chi connectivity index (χ3v) is 5.41. The second kappa shape index (κ2) is 7.45. The summed E-state index contributed by atoms with van der Waals surface area (Å²) in [5.74, 6) is -0.368. The van der Waals surface area contributed by atoms with E-state index < -0.39 is 16.0 Å². The Bertz CT molecular complexity index is 628. The number of ether oxygens (including phenoxy) is 1. The van der Waals surface area contributed by atoms with Gasteiger partial charge >= 0.3 is 5.97 Å². The Morgan fingerprint density at radius 3 is 2.77 bits per heavy atom. The molecule has 22 heavy (non-hydrogen) atoms. The van der Waals surface area contributed by atoms with Crippen molar-refractivity contribution in [3.05, 3.63) is 17.4 Å². The molecular weight excluding hydrogens is 332 g/mol. The molecular formula is C13H21ClN2O5S. The Labute approximate surface area is 136 Å². The fourth-order valence-electron chi connectivity index (χ4n) is 2.42. The molecule has 2 rings (SSSR count). The first-order valence-electron chi connectivity index (χ1n) is 6.76. The lowest BCUT2D eigenvalue weighted by atomic mass is 10.1. The van der Waals surface area contributed by atoms with Crippen LogP contribution in [0.3, 0.4) is 0 Å². The van der Waals surface area contributed by atoms with E-state index in [0.717, 1.165) is 12.8 Å². The largest absolute Gasteiger partial charge is 0.465 e. The summed E-state index contributed by atoms with van der Waals surface area (Å²) in [4.78, 5) is 11.5. The van der Waals surface area contributed by atoms with Crippen molar-refractivity contribution >= 4 is 28.4 Å². The van der Waals surface area contributed by atoms with Gasteiger partial charge in [-0.2, -0.15) is 4.31 Å². The highest BCUT2D eigenvalue weighted by atomic mass is 35.5. The first-order valence-corrected chi connectivity index (χ1v) is 8.20. The number of likely N-dealkylation sites (N-methyl/N-ethyl adjacent to an activating group) is 1. The first-order chi connectivity index (χ1) is 9.90. The van der Waals surface area contributed by atoms with E-state index in [1.807, 2.05) is 7.05 Å². The van der Waals surface area contributed by atoms with Gasteiger partial charge < -0.3 is 14.5 Å². The van der Waals surface area contributed by atoms with Gasteiger partial charge in [0.15, 0.2) is 0 Å². The second-order valence-electron chi connectivity index (χ2n) is 5.02. The summed E-state index contributed by atoms with van der Waals surface area (Å²) < 4.78 is 36.4. The van der Waals surface area contributed by atoms with Crippen LogP contribution < -0.4 is 5.32 Å². The van der Waals surface area contributed by atoms with Crippen LogP contribution in [0.4, 0.5) is 0 Å². The second-order valence-corrected chi connectivity index (χ2v) is 6.89. The lowest BCUT2D eigenvalue weighted by Gasteiger charge is -2.30. The SMILES string of the molecule is CNC1CCCN(S(=O)(=O)c2cc(C(=O)OC)c(C)o2)C1.Cl. The zero-order valence-corrected chi connectivity index (χ0v) is 14.4. The van der Waals surface area contributed by atoms with E-state index in [2.05, 4.69) is 10.1 Å². The molecule has 1 aromatic heterocycles. The van der Waals surface area contributed by atoms with Gasteiger partial charge in [0.1, 0.15) is 11.3 Å². The molecule has 1 saturated heterocycles. The van der Waals surface area contributed by atoms with Crippen LogP contribution in [0.2, 0.25) is 0 Å². The lowest BCUT2D eigenvalue weighted by Crippen LogP contribution is -2.46. The van der Waals surface area contributed by atoms with Crippen molar-refractivity contribution in [1.82, 2.24) is 9.62 Å². The number of sulfonamides is 1. The van der Waals surface area contributed by atoms with Crippen LogP contribution in [0.15, 0.2) is 15.6 Å². The molecule has 0 radical (unpaired) electrons. The van der Waals surface area contributed by atoms with E-state index in [9.17, 15) is 13.2 Å². The molecule has 9 heteroatoms. The van der Waals surface area contributed by atoms with Crippen molar-refractivity contribution in [1.29, 1.82) is 0 Å². The highest BCUT2D eigenvalue weighted by Gasteiger charge is 2.33. The summed E-state index contributed by atoms with van der Waals surface area (Å²) in [5, 5.41) is 2.88. The minimum Gasteiger partial charge on any atom is -0.465 e. The molecule has 1 N–H and O–H groups in total. The normalized spacial score (nSPS) is 19.5. The number of nitrogens with one attached hydrogen (secondary N) is 1. The van der Waals surface area contributed by atoms with E-state index in [4.69, 9.17) is 4.42 Å². The van der Waals surface area contributed by atoms with Crippen molar-refractivity contribution in [2.75, 3.05) is 27.2 Å². The number of piperidine rings is 1. The molecule has 1 atom stereocenters. The topological polar surface area (TPSA) is 88.9 Å². The van der Waals surface area contributed by atoms with E-state index in [1.54, 1.807) is 0 Å². The van der Waals surface area contributed by atoms with Gasteiger partial charge in [-0.25, -0.2) is 13.2 Å². The van der Waals surface area contributed by atoms with Crippen LogP contribution in [0.5, 0.6) is 0 Å². The number of halogens is 1. The lowest BCUT2D eigenvalue weighted by molar-refractivity contribution is 0.0599. The number of hydrogen-bond acceptors (Lipinski definition) is 6. The third-order valence-electron chi connectivity index (χ3n) is 3.69. The van der Waals surface area contributed by atoms with Gasteiger partial charge in [0, 0.05) is 25.2 Å². The van der Waals surface area contributed by atoms with Crippen LogP contribution in [-0.2, 0) is 14.8 Å². The fraction of sp³-hybridized carbons (Fsp3) is 0.615. The van der Waals surface area contributed by atoms with Crippen LogP contribution >= 0.6 is 12.4 Å². The van der Waals surface area contributed by atoms with Gasteiger partial charge in [-0.1, -0.05) is 0 Å². The number of aryl methyl sites for hydroxylation is 1. The summed E-state index contributed by atoms with van der Waals surface area (Å²) in [6.45, 7) is 2.39. The van der Waals surface area contributed by atoms with Crippen molar-refractivity contribution in [2.45, 2.75) is 30.9 Å². The molecule has 1 fully saturated rings. The van der Waals surface area contributed by atoms with Crippen molar-refractivity contribution < 1.29 is 22.4 Å². The molecule has 0 aromatic carbocycles. The molecule has 126 valence electrons. The van der Waals surface area contributed by atoms with Gasteiger partial charge in [-0.05, 0) is 26.8 Å². The summed E-state index contributed by atoms with van der Waals surface area (Å²) in [6.07, 6.45) is 1.72. The summed E-state index contributed by atoms with van der Waals surface area (Å²) >= 11 is 0. The molecule has 1 aromatic rings. The van der Waals surface area contributed by atoms with E-state index in [-0.39, 0.29) is 34.9 Å². The van der Waals surface area contributed by atoms with Gasteiger partial charge in [0.25, 0.3) is 10.0 Å². The maximum Gasteiger partial charge on any atom is 0.341 e. The number of furan rings is 1. The Kier molecular flexibility index (Phi) is 6.42. The molecule has 0 bridgehead atoms. The quantitative estimate of drug-likeness (QED) is 0.818. The summed E-state index contributed by atoms with van der Waals surface area (Å²) in [7, 11) is -0.676. The zero-order valence-electron chi connectivity index (χ0n) is 12.8. The van der Waals surface area contributed by atoms with Crippen molar-refractivity contribution in [2.24, 2.45) is 0 Å². The number of esters is 1. The molecule has 1 aliphatic heterocycles. The van der Waals surface area contributed by atoms with Crippen LogP contribution in [-0.4, -0.2) is 52.0 Å². The first kappa shape index (κ1) is 19.0. The molecule has 0 amide bonds. The monoisotopic (exact) mass is 352 g/mol. The predicted molar refractivity (Wildman–Crippen MR) is 82.9 cm³/mol. The Hall–Kier alpha value is -1.09. The maximum atomic E-state index is 12.6. The average Bonchev–Trinajstić information content (AvgIpc) is 2.89. The van der Waals surface area contributed by atoms with E-state index >= 15 is 0 Å². The zero-order chi connectivity index (χ0) is 15.6. The molecule has 0 saturated carbocycles. The number of hydrogen-bond donors (Lipinski definition) is 1. The number of carbonyl (C=O) groups is 1. The standard InChI is InChI=1S/C13H20N2O5S.ClH/c1-9-11(13(16)19-3)7-12(20-9)21(17,18)15-6-4-5-10(8-15)14-2;/h7,10,14H,4-6,8H2,1-3H3;1H. The summed E-state index contributed by atoms with van der Waals surface area (Å²) in [6, 6.07) is 1.36. The molecule has 0 spiro atoms. The van der Waals surface area contributed by atoms with Gasteiger partial charge in [-0.15, -0.1) is 12.4 Å². The molecule has 0 aliphatic carbocycles. The van der Waals surface area contributed by atoms with Gasteiger partial charge in [-0.3, -0.25) is 0 Å². The number of carbonyl (C=O) groups excluding carboxylic acids is 1. The molecule has 7 nitrogen and oxygen atoms in total. The minimum atomic E-state index is -3.73. The molecule has 2 heterocycles. The highest BCUT2D eigenvalue weighted by Crippen LogP contribution is 2.25. The third kappa shape index (κ3) is 3.62. The highest BCUT2D eigenvalue weighted by molar-refractivity contribution is 7.89. The van der Waals surface area contributed by atoms with Crippen molar-refractivity contribution in [3.8, 4) is 0 Å². The van der Waals surface area contributed by atoms with Crippen LogP contribution in [0.25, 0.3) is 0 Å². The predicted octanol–water partition coefficient (Wildman–Crippen LogP) is 1.17. The van der Waals surface area contributed by atoms with E-state index in [0.29, 0.717) is 13.1 Å².